The summed E-state index contributed by atoms with van der Waals surface area (Å²) in [6.45, 7) is 1.19. The van der Waals surface area contributed by atoms with Crippen molar-refractivity contribution in [3.05, 3.63) is 28.0 Å². The first kappa shape index (κ1) is 15.2. The summed E-state index contributed by atoms with van der Waals surface area (Å²) >= 11 is 0.916. The number of hydrogen-bond acceptors (Lipinski definition) is 5. The fraction of sp³-hybridized carbons (Fsp3) is 0.417. The van der Waals surface area contributed by atoms with E-state index in [-0.39, 0.29) is 9.77 Å². The Morgan fingerprint density at radius 3 is 2.80 bits per heavy atom. The zero-order valence-electron chi connectivity index (χ0n) is 10.9. The predicted octanol–water partition coefficient (Wildman–Crippen LogP) is 1.41. The quantitative estimate of drug-likeness (QED) is 0.830. The highest BCUT2D eigenvalue weighted by Crippen LogP contribution is 2.25. The van der Waals surface area contributed by atoms with E-state index in [1.807, 2.05) is 6.08 Å². The fourth-order valence-corrected chi connectivity index (χ4v) is 4.42. The second-order valence-corrected chi connectivity index (χ2v) is 7.21. The number of aromatic carboxylic acids is 1. The molecule has 0 aromatic carbocycles. The highest BCUT2D eigenvalue weighted by Gasteiger charge is 2.27. The Kier molecular flexibility index (Phi) is 4.59. The molecule has 0 amide bonds. The number of thiophene rings is 1. The summed E-state index contributed by atoms with van der Waals surface area (Å²) in [6, 6.07) is 1.21. The van der Waals surface area contributed by atoms with Crippen molar-refractivity contribution in [3.63, 3.8) is 0 Å². The van der Waals surface area contributed by atoms with Gasteiger partial charge in [-0.1, -0.05) is 6.08 Å². The van der Waals surface area contributed by atoms with Crippen LogP contribution in [0.15, 0.2) is 28.0 Å². The number of hydrogen-bond donors (Lipinski definition) is 1. The summed E-state index contributed by atoms with van der Waals surface area (Å²) in [5.41, 5.74) is 1.08. The molecule has 1 aliphatic heterocycles. The highest BCUT2D eigenvalue weighted by molar-refractivity contribution is 7.89. The van der Waals surface area contributed by atoms with Gasteiger partial charge in [-0.05, 0) is 18.1 Å². The lowest BCUT2D eigenvalue weighted by Crippen LogP contribution is -2.35. The summed E-state index contributed by atoms with van der Waals surface area (Å²) < 4.78 is 31.1. The molecular formula is C12H15NO5S2. The summed E-state index contributed by atoms with van der Waals surface area (Å²) in [7, 11) is -2.02. The third-order valence-corrected chi connectivity index (χ3v) is 5.93. The van der Waals surface area contributed by atoms with Gasteiger partial charge in [0, 0.05) is 25.6 Å². The second kappa shape index (κ2) is 6.04. The van der Waals surface area contributed by atoms with Gasteiger partial charge in [0.05, 0.1) is 11.5 Å². The van der Waals surface area contributed by atoms with Crippen LogP contribution < -0.4 is 0 Å². The molecule has 0 unspecified atom stereocenters. The van der Waals surface area contributed by atoms with Crippen molar-refractivity contribution in [3.8, 4) is 0 Å². The van der Waals surface area contributed by atoms with E-state index in [1.54, 1.807) is 7.11 Å². The molecule has 6 nitrogen and oxygen atoms in total. The van der Waals surface area contributed by atoms with Gasteiger partial charge in [0.15, 0.2) is 0 Å². The average molecular weight is 317 g/mol. The lowest BCUT2D eigenvalue weighted by atomic mass is 10.1. The van der Waals surface area contributed by atoms with Crippen LogP contribution in [0.3, 0.4) is 0 Å². The minimum atomic E-state index is -3.62. The Hall–Kier alpha value is -1.22. The maximum Gasteiger partial charge on any atom is 0.345 e. The van der Waals surface area contributed by atoms with Crippen molar-refractivity contribution in [1.29, 1.82) is 0 Å². The van der Waals surface area contributed by atoms with Gasteiger partial charge >= 0.3 is 5.97 Å². The molecule has 0 saturated carbocycles. The number of nitrogens with zero attached hydrogens (tertiary/aromatic N) is 1. The zero-order valence-corrected chi connectivity index (χ0v) is 12.5. The summed E-state index contributed by atoms with van der Waals surface area (Å²) in [6.07, 6.45) is 2.47. The number of rotatable bonds is 5. The van der Waals surface area contributed by atoms with Crippen molar-refractivity contribution in [2.75, 3.05) is 26.8 Å². The second-order valence-electron chi connectivity index (χ2n) is 4.36. The number of ether oxygens (including phenoxy) is 1. The fourth-order valence-electron chi connectivity index (χ4n) is 1.94. The summed E-state index contributed by atoms with van der Waals surface area (Å²) in [5, 5.41) is 10.2. The van der Waals surface area contributed by atoms with E-state index in [4.69, 9.17) is 9.84 Å². The molecule has 0 spiro atoms. The van der Waals surface area contributed by atoms with Crippen molar-refractivity contribution >= 4 is 27.3 Å². The van der Waals surface area contributed by atoms with Crippen LogP contribution in [-0.4, -0.2) is 50.6 Å². The molecule has 8 heteroatoms. The number of methoxy groups -OCH3 is 1. The first-order valence-electron chi connectivity index (χ1n) is 5.94. The van der Waals surface area contributed by atoms with Crippen LogP contribution >= 0.6 is 11.3 Å². The zero-order chi connectivity index (χ0) is 14.8. The standard InChI is InChI=1S/C12H15NO5S2/c1-18-7-9-2-4-13(5-3-9)20(16,17)10-6-11(12(14)15)19-8-10/h2,6,8H,3-5,7H2,1H3,(H,14,15). The number of sulfonamides is 1. The topological polar surface area (TPSA) is 83.9 Å². The highest BCUT2D eigenvalue weighted by atomic mass is 32.2. The summed E-state index contributed by atoms with van der Waals surface area (Å²) in [5.74, 6) is -1.11. The Labute approximate surface area is 121 Å². The number of carboxylic acid groups (broad SMARTS) is 1. The van der Waals surface area contributed by atoms with Gasteiger partial charge in [0.25, 0.3) is 0 Å². The lowest BCUT2D eigenvalue weighted by molar-refractivity contribution is 0.0702. The smallest absolute Gasteiger partial charge is 0.345 e. The van der Waals surface area contributed by atoms with E-state index >= 15 is 0 Å². The van der Waals surface area contributed by atoms with Crippen LogP contribution in [0.25, 0.3) is 0 Å². The van der Waals surface area contributed by atoms with E-state index in [2.05, 4.69) is 0 Å². The minimum absolute atomic E-state index is 0.0243. The Morgan fingerprint density at radius 2 is 2.30 bits per heavy atom. The van der Waals surface area contributed by atoms with Crippen LogP contribution in [0.1, 0.15) is 16.1 Å². The molecule has 0 bridgehead atoms. The number of carbonyl (C=O) groups is 1. The Bertz CT molecular complexity index is 632. The maximum atomic E-state index is 12.4. The normalized spacial score (nSPS) is 16.9. The Morgan fingerprint density at radius 1 is 1.55 bits per heavy atom. The molecule has 1 aliphatic rings. The first-order valence-corrected chi connectivity index (χ1v) is 8.26. The van der Waals surface area contributed by atoms with Crippen LogP contribution in [0.4, 0.5) is 0 Å². The molecule has 2 rings (SSSR count). The molecule has 20 heavy (non-hydrogen) atoms. The molecule has 0 radical (unpaired) electrons. The molecule has 0 aliphatic carbocycles. The molecule has 110 valence electrons. The van der Waals surface area contributed by atoms with Gasteiger partial charge in [-0.15, -0.1) is 11.3 Å². The largest absolute Gasteiger partial charge is 0.477 e. The third kappa shape index (κ3) is 3.09. The molecule has 1 N–H and O–H groups in total. The molecule has 2 heterocycles. The average Bonchev–Trinajstić information content (AvgIpc) is 2.90. The van der Waals surface area contributed by atoms with Crippen LogP contribution in [0.5, 0.6) is 0 Å². The van der Waals surface area contributed by atoms with Crippen molar-refractivity contribution in [2.45, 2.75) is 11.3 Å². The van der Waals surface area contributed by atoms with Crippen molar-refractivity contribution in [1.82, 2.24) is 4.31 Å². The number of carboxylic acids is 1. The Balaban J connectivity index is 2.17. The summed E-state index contributed by atoms with van der Waals surface area (Å²) in [4.78, 5) is 10.9. The van der Waals surface area contributed by atoms with E-state index in [0.29, 0.717) is 26.1 Å². The van der Waals surface area contributed by atoms with E-state index in [1.165, 1.54) is 15.8 Å². The van der Waals surface area contributed by atoms with Gasteiger partial charge in [-0.2, -0.15) is 4.31 Å². The monoisotopic (exact) mass is 317 g/mol. The maximum absolute atomic E-state index is 12.4. The van der Waals surface area contributed by atoms with Crippen molar-refractivity contribution in [2.24, 2.45) is 0 Å². The van der Waals surface area contributed by atoms with E-state index in [0.717, 1.165) is 16.9 Å². The van der Waals surface area contributed by atoms with Gasteiger partial charge in [0.2, 0.25) is 10.0 Å². The van der Waals surface area contributed by atoms with Crippen LogP contribution in [0.2, 0.25) is 0 Å². The lowest BCUT2D eigenvalue weighted by Gasteiger charge is -2.25. The van der Waals surface area contributed by atoms with Crippen molar-refractivity contribution < 1.29 is 23.1 Å². The molecule has 0 saturated heterocycles. The van der Waals surface area contributed by atoms with Gasteiger partial charge < -0.3 is 9.84 Å². The van der Waals surface area contributed by atoms with E-state index in [9.17, 15) is 13.2 Å². The van der Waals surface area contributed by atoms with Gasteiger partial charge in [-0.25, -0.2) is 13.2 Å². The van der Waals surface area contributed by atoms with E-state index < -0.39 is 16.0 Å². The van der Waals surface area contributed by atoms with Gasteiger partial charge in [0.1, 0.15) is 4.88 Å². The van der Waals surface area contributed by atoms with Gasteiger partial charge in [-0.3, -0.25) is 0 Å². The van der Waals surface area contributed by atoms with Crippen LogP contribution in [0, 0.1) is 0 Å². The minimum Gasteiger partial charge on any atom is -0.477 e. The molecular weight excluding hydrogens is 302 g/mol. The molecule has 1 aromatic heterocycles. The van der Waals surface area contributed by atoms with Crippen LogP contribution in [-0.2, 0) is 14.8 Å². The molecule has 0 fully saturated rings. The first-order chi connectivity index (χ1) is 9.45. The SMILES string of the molecule is COCC1=CCN(S(=O)(=O)c2csc(C(=O)O)c2)CC1. The molecule has 0 atom stereocenters. The predicted molar refractivity (Wildman–Crippen MR) is 74.6 cm³/mol. The third-order valence-electron chi connectivity index (χ3n) is 3.02. The molecule has 1 aromatic rings.